The van der Waals surface area contributed by atoms with E-state index in [2.05, 4.69) is 5.32 Å². The van der Waals surface area contributed by atoms with Crippen molar-refractivity contribution in [1.82, 2.24) is 5.32 Å². The fourth-order valence-corrected chi connectivity index (χ4v) is 1.69. The molecule has 0 radical (unpaired) electrons. The molecule has 0 fully saturated rings. The van der Waals surface area contributed by atoms with Crippen LogP contribution in [0.2, 0.25) is 0 Å². The highest BCUT2D eigenvalue weighted by atomic mass is 16.5. The molecule has 1 atom stereocenters. The summed E-state index contributed by atoms with van der Waals surface area (Å²) in [4.78, 5) is 23.7. The van der Waals surface area contributed by atoms with Gasteiger partial charge in [0.2, 0.25) is 0 Å². The Kier molecular flexibility index (Phi) is 6.78. The van der Waals surface area contributed by atoms with Crippen LogP contribution < -0.4 is 5.32 Å². The summed E-state index contributed by atoms with van der Waals surface area (Å²) in [5, 5.41) is 11.7. The number of aliphatic hydroxyl groups excluding tert-OH is 1. The summed E-state index contributed by atoms with van der Waals surface area (Å²) in [5.41, 5.74) is 0.530. The standard InChI is InChI=1S/C14H19NO4/c1-2-19-13(17)10-12(15-8-9-16)14(18)11-6-4-3-5-7-11/h3-7,12,15-16H,2,8-10H2,1H3. The molecule has 0 aliphatic carbocycles. The predicted molar refractivity (Wildman–Crippen MR) is 70.9 cm³/mol. The summed E-state index contributed by atoms with van der Waals surface area (Å²) in [7, 11) is 0. The van der Waals surface area contributed by atoms with Crippen molar-refractivity contribution < 1.29 is 19.4 Å². The fourth-order valence-electron chi connectivity index (χ4n) is 1.69. The average Bonchev–Trinajstić information content (AvgIpc) is 2.44. The first-order chi connectivity index (χ1) is 9.19. The third-order valence-corrected chi connectivity index (χ3v) is 2.55. The molecule has 1 rings (SSSR count). The van der Waals surface area contributed by atoms with Gasteiger partial charge in [-0.2, -0.15) is 0 Å². The van der Waals surface area contributed by atoms with Crippen LogP contribution in [0.4, 0.5) is 0 Å². The SMILES string of the molecule is CCOC(=O)CC(NCCO)C(=O)c1ccccc1. The summed E-state index contributed by atoms with van der Waals surface area (Å²) in [6.45, 7) is 2.15. The van der Waals surface area contributed by atoms with Crippen LogP contribution in [0, 0.1) is 0 Å². The maximum Gasteiger partial charge on any atom is 0.307 e. The fraction of sp³-hybridized carbons (Fsp3) is 0.429. The van der Waals surface area contributed by atoms with E-state index in [1.165, 1.54) is 0 Å². The molecular weight excluding hydrogens is 246 g/mol. The van der Waals surface area contributed by atoms with Gasteiger partial charge in [-0.1, -0.05) is 30.3 Å². The Bertz CT molecular complexity index is 405. The van der Waals surface area contributed by atoms with E-state index < -0.39 is 12.0 Å². The van der Waals surface area contributed by atoms with Crippen LogP contribution in [-0.2, 0) is 9.53 Å². The summed E-state index contributed by atoms with van der Waals surface area (Å²) in [6.07, 6.45) is -0.0401. The molecule has 0 bridgehead atoms. The number of rotatable bonds is 8. The molecule has 0 spiro atoms. The molecule has 104 valence electrons. The highest BCUT2D eigenvalue weighted by Crippen LogP contribution is 2.07. The van der Waals surface area contributed by atoms with Crippen molar-refractivity contribution in [2.75, 3.05) is 19.8 Å². The van der Waals surface area contributed by atoms with Gasteiger partial charge in [-0.25, -0.2) is 0 Å². The van der Waals surface area contributed by atoms with E-state index in [1.54, 1.807) is 31.2 Å². The van der Waals surface area contributed by atoms with Crippen molar-refractivity contribution in [3.8, 4) is 0 Å². The van der Waals surface area contributed by atoms with Crippen molar-refractivity contribution in [2.24, 2.45) is 0 Å². The number of Topliss-reactive ketones (excluding diaryl/α,β-unsaturated/α-hetero) is 1. The Labute approximate surface area is 112 Å². The molecule has 0 aromatic heterocycles. The van der Waals surface area contributed by atoms with E-state index in [0.29, 0.717) is 5.56 Å². The molecule has 19 heavy (non-hydrogen) atoms. The number of hydrogen-bond acceptors (Lipinski definition) is 5. The van der Waals surface area contributed by atoms with E-state index in [1.807, 2.05) is 6.07 Å². The van der Waals surface area contributed by atoms with Crippen molar-refractivity contribution in [2.45, 2.75) is 19.4 Å². The van der Waals surface area contributed by atoms with Gasteiger partial charge in [0, 0.05) is 12.1 Å². The van der Waals surface area contributed by atoms with Crippen molar-refractivity contribution in [3.63, 3.8) is 0 Å². The first-order valence-corrected chi connectivity index (χ1v) is 6.28. The Morgan fingerprint density at radius 2 is 2.00 bits per heavy atom. The van der Waals surface area contributed by atoms with Crippen LogP contribution in [0.15, 0.2) is 30.3 Å². The van der Waals surface area contributed by atoms with E-state index in [0.717, 1.165) is 0 Å². The number of carbonyl (C=O) groups is 2. The summed E-state index contributed by atoms with van der Waals surface area (Å²) < 4.78 is 4.84. The number of ether oxygens (including phenoxy) is 1. The van der Waals surface area contributed by atoms with Crippen LogP contribution in [0.25, 0.3) is 0 Å². The molecule has 0 aliphatic rings. The number of ketones is 1. The molecule has 0 saturated carbocycles. The number of nitrogens with one attached hydrogen (secondary N) is 1. The normalized spacial score (nSPS) is 11.9. The van der Waals surface area contributed by atoms with Crippen molar-refractivity contribution in [1.29, 1.82) is 0 Å². The van der Waals surface area contributed by atoms with Crippen LogP contribution in [0.5, 0.6) is 0 Å². The number of hydrogen-bond donors (Lipinski definition) is 2. The van der Waals surface area contributed by atoms with Gasteiger partial charge in [-0.15, -0.1) is 0 Å². The Morgan fingerprint density at radius 3 is 2.58 bits per heavy atom. The number of aliphatic hydroxyl groups is 1. The van der Waals surface area contributed by atoms with Gasteiger partial charge >= 0.3 is 5.97 Å². The zero-order valence-electron chi connectivity index (χ0n) is 11.0. The van der Waals surface area contributed by atoms with E-state index in [4.69, 9.17) is 9.84 Å². The molecule has 2 N–H and O–H groups in total. The highest BCUT2D eigenvalue weighted by molar-refractivity contribution is 6.01. The monoisotopic (exact) mass is 265 g/mol. The van der Waals surface area contributed by atoms with Crippen LogP contribution in [-0.4, -0.2) is 42.7 Å². The Balaban J connectivity index is 2.72. The summed E-state index contributed by atoms with van der Waals surface area (Å²) >= 11 is 0. The maximum absolute atomic E-state index is 12.2. The zero-order chi connectivity index (χ0) is 14.1. The number of carbonyl (C=O) groups excluding carboxylic acids is 2. The molecule has 1 aromatic carbocycles. The van der Waals surface area contributed by atoms with Gasteiger partial charge < -0.3 is 15.2 Å². The van der Waals surface area contributed by atoms with Gasteiger partial charge in [0.05, 0.1) is 25.7 Å². The summed E-state index contributed by atoms with van der Waals surface area (Å²) in [6, 6.07) is 8.07. The highest BCUT2D eigenvalue weighted by Gasteiger charge is 2.22. The minimum atomic E-state index is -0.673. The van der Waals surface area contributed by atoms with Crippen molar-refractivity contribution >= 4 is 11.8 Å². The van der Waals surface area contributed by atoms with Crippen molar-refractivity contribution in [3.05, 3.63) is 35.9 Å². The maximum atomic E-state index is 12.2. The van der Waals surface area contributed by atoms with Gasteiger partial charge in [0.25, 0.3) is 0 Å². The third kappa shape index (κ3) is 5.19. The molecule has 0 saturated heterocycles. The van der Waals surface area contributed by atoms with E-state index in [-0.39, 0.29) is 32.0 Å². The van der Waals surface area contributed by atoms with Gasteiger partial charge in [-0.05, 0) is 6.92 Å². The second-order valence-electron chi connectivity index (χ2n) is 3.97. The average molecular weight is 265 g/mol. The quantitative estimate of drug-likeness (QED) is 0.536. The summed E-state index contributed by atoms with van der Waals surface area (Å²) in [5.74, 6) is -0.607. The molecule has 0 amide bonds. The largest absolute Gasteiger partial charge is 0.466 e. The molecular formula is C14H19NO4. The van der Waals surface area contributed by atoms with Gasteiger partial charge in [-0.3, -0.25) is 9.59 Å². The first kappa shape index (κ1) is 15.3. The van der Waals surface area contributed by atoms with Crippen LogP contribution in [0.3, 0.4) is 0 Å². The van der Waals surface area contributed by atoms with Crippen LogP contribution >= 0.6 is 0 Å². The lowest BCUT2D eigenvalue weighted by atomic mass is 10.0. The third-order valence-electron chi connectivity index (χ3n) is 2.55. The van der Waals surface area contributed by atoms with E-state index in [9.17, 15) is 9.59 Å². The number of benzene rings is 1. The van der Waals surface area contributed by atoms with Gasteiger partial charge in [0.1, 0.15) is 0 Å². The molecule has 5 nitrogen and oxygen atoms in total. The predicted octanol–water partition coefficient (Wildman–Crippen LogP) is 0.773. The smallest absolute Gasteiger partial charge is 0.307 e. The zero-order valence-corrected chi connectivity index (χ0v) is 11.0. The minimum Gasteiger partial charge on any atom is -0.466 e. The van der Waals surface area contributed by atoms with Crippen LogP contribution in [0.1, 0.15) is 23.7 Å². The minimum absolute atomic E-state index is 0.0401. The number of esters is 1. The lowest BCUT2D eigenvalue weighted by Gasteiger charge is -2.16. The molecule has 0 heterocycles. The second-order valence-corrected chi connectivity index (χ2v) is 3.97. The topological polar surface area (TPSA) is 75.6 Å². The molecule has 1 unspecified atom stereocenters. The molecule has 1 aromatic rings. The molecule has 5 heteroatoms. The second kappa shape index (κ2) is 8.39. The van der Waals surface area contributed by atoms with Gasteiger partial charge in [0.15, 0.2) is 5.78 Å². The Hall–Kier alpha value is -1.72. The lowest BCUT2D eigenvalue weighted by molar-refractivity contribution is -0.143. The first-order valence-electron chi connectivity index (χ1n) is 6.28. The van der Waals surface area contributed by atoms with E-state index >= 15 is 0 Å². The molecule has 0 aliphatic heterocycles. The Morgan fingerprint density at radius 1 is 1.32 bits per heavy atom. The lowest BCUT2D eigenvalue weighted by Crippen LogP contribution is -2.40.